The van der Waals surface area contributed by atoms with Crippen molar-refractivity contribution in [1.82, 2.24) is 5.32 Å². The first-order valence-electron chi connectivity index (χ1n) is 5.00. The van der Waals surface area contributed by atoms with Crippen LogP contribution in [0.25, 0.3) is 0 Å². The molecule has 1 atom stereocenters. The van der Waals surface area contributed by atoms with Gasteiger partial charge in [0.2, 0.25) is 5.91 Å². The van der Waals surface area contributed by atoms with Crippen molar-refractivity contribution in [2.45, 2.75) is 32.2 Å². The van der Waals surface area contributed by atoms with E-state index in [1.165, 1.54) is 6.26 Å². The van der Waals surface area contributed by atoms with E-state index in [4.69, 9.17) is 9.68 Å². The van der Waals surface area contributed by atoms with Gasteiger partial charge >= 0.3 is 0 Å². The van der Waals surface area contributed by atoms with Gasteiger partial charge < -0.3 is 9.73 Å². The number of hydrogen-bond acceptors (Lipinski definition) is 3. The molecule has 0 bridgehead atoms. The summed E-state index contributed by atoms with van der Waals surface area (Å²) in [5, 5.41) is 11.5. The Hall–Kier alpha value is -1.76. The number of nitrogens with one attached hydrogen (secondary N) is 1. The molecule has 80 valence electrons. The smallest absolute Gasteiger partial charge is 0.221 e. The molecule has 1 amide bonds. The Morgan fingerprint density at radius 1 is 1.73 bits per heavy atom. The zero-order valence-corrected chi connectivity index (χ0v) is 8.69. The summed E-state index contributed by atoms with van der Waals surface area (Å²) in [4.78, 5) is 11.4. The lowest BCUT2D eigenvalue weighted by atomic mass is 10.2. The third kappa shape index (κ3) is 3.47. The summed E-state index contributed by atoms with van der Waals surface area (Å²) in [6, 6.07) is 4.68. The van der Waals surface area contributed by atoms with E-state index < -0.39 is 6.04 Å². The molecule has 1 rings (SSSR count). The molecule has 15 heavy (non-hydrogen) atoms. The lowest BCUT2D eigenvalue weighted by Crippen LogP contribution is -2.26. The minimum atomic E-state index is -0.677. The van der Waals surface area contributed by atoms with Gasteiger partial charge in [0.1, 0.15) is 5.76 Å². The first-order chi connectivity index (χ1) is 7.27. The molecule has 0 aliphatic rings. The van der Waals surface area contributed by atoms with Crippen LogP contribution in [0.15, 0.2) is 22.8 Å². The Bertz CT molecular complexity index is 338. The van der Waals surface area contributed by atoms with Crippen LogP contribution in [-0.4, -0.2) is 5.91 Å². The number of carbonyl (C=O) groups excluding carboxylic acids is 1. The van der Waals surface area contributed by atoms with Crippen molar-refractivity contribution in [3.63, 3.8) is 0 Å². The van der Waals surface area contributed by atoms with Crippen molar-refractivity contribution in [3.8, 4) is 6.07 Å². The Balaban J connectivity index is 2.49. The van der Waals surface area contributed by atoms with Crippen LogP contribution < -0.4 is 5.32 Å². The molecule has 0 aliphatic heterocycles. The molecule has 4 heteroatoms. The normalized spacial score (nSPS) is 11.7. The van der Waals surface area contributed by atoms with Gasteiger partial charge in [-0.25, -0.2) is 0 Å². The van der Waals surface area contributed by atoms with Crippen LogP contribution >= 0.6 is 0 Å². The van der Waals surface area contributed by atoms with E-state index in [9.17, 15) is 4.79 Å². The molecule has 1 aromatic rings. The van der Waals surface area contributed by atoms with E-state index in [0.717, 1.165) is 12.8 Å². The van der Waals surface area contributed by atoms with Gasteiger partial charge in [-0.1, -0.05) is 13.3 Å². The highest BCUT2D eigenvalue weighted by Crippen LogP contribution is 2.12. The average molecular weight is 206 g/mol. The number of amides is 1. The predicted molar refractivity (Wildman–Crippen MR) is 54.7 cm³/mol. The Morgan fingerprint density at radius 2 is 2.53 bits per heavy atom. The molecule has 0 aromatic carbocycles. The maximum atomic E-state index is 11.4. The predicted octanol–water partition coefficient (Wildman–Crippen LogP) is 2.15. The van der Waals surface area contributed by atoms with Gasteiger partial charge in [0, 0.05) is 6.42 Å². The highest BCUT2D eigenvalue weighted by Gasteiger charge is 2.15. The summed E-state index contributed by atoms with van der Waals surface area (Å²) >= 11 is 0. The van der Waals surface area contributed by atoms with E-state index in [0.29, 0.717) is 12.2 Å². The summed E-state index contributed by atoms with van der Waals surface area (Å²) in [7, 11) is 0. The molecule has 1 N–H and O–H groups in total. The fourth-order valence-electron chi connectivity index (χ4n) is 1.19. The average Bonchev–Trinajstić information content (AvgIpc) is 2.76. The van der Waals surface area contributed by atoms with Crippen molar-refractivity contribution in [1.29, 1.82) is 5.26 Å². The molecule has 0 fully saturated rings. The van der Waals surface area contributed by atoms with Crippen molar-refractivity contribution >= 4 is 5.91 Å². The number of furan rings is 1. The Morgan fingerprint density at radius 3 is 3.07 bits per heavy atom. The second-order valence-corrected chi connectivity index (χ2v) is 3.25. The number of rotatable bonds is 5. The lowest BCUT2D eigenvalue weighted by molar-refractivity contribution is -0.121. The zero-order chi connectivity index (χ0) is 11.1. The highest BCUT2D eigenvalue weighted by atomic mass is 16.3. The Kier molecular flexibility index (Phi) is 4.42. The molecule has 0 radical (unpaired) electrons. The minimum absolute atomic E-state index is 0.111. The van der Waals surface area contributed by atoms with E-state index in [2.05, 4.69) is 5.32 Å². The van der Waals surface area contributed by atoms with E-state index >= 15 is 0 Å². The third-order valence-electron chi connectivity index (χ3n) is 2.02. The van der Waals surface area contributed by atoms with Crippen molar-refractivity contribution in [3.05, 3.63) is 24.2 Å². The van der Waals surface area contributed by atoms with Crippen LogP contribution in [0, 0.1) is 11.3 Å². The van der Waals surface area contributed by atoms with E-state index in [-0.39, 0.29) is 5.91 Å². The molecule has 0 aliphatic carbocycles. The van der Waals surface area contributed by atoms with Crippen LogP contribution in [0.5, 0.6) is 0 Å². The monoisotopic (exact) mass is 206 g/mol. The highest BCUT2D eigenvalue weighted by molar-refractivity contribution is 5.76. The lowest BCUT2D eigenvalue weighted by Gasteiger charge is -2.08. The van der Waals surface area contributed by atoms with Crippen molar-refractivity contribution in [2.75, 3.05) is 0 Å². The standard InChI is InChI=1S/C11H14N2O2/c1-2-3-6-11(14)13-9(8-12)10-5-4-7-15-10/h4-5,7,9H,2-3,6H2,1H3,(H,13,14). The number of nitrogens with zero attached hydrogens (tertiary/aromatic N) is 1. The number of nitriles is 1. The fraction of sp³-hybridized carbons (Fsp3) is 0.455. The number of hydrogen-bond donors (Lipinski definition) is 1. The summed E-state index contributed by atoms with van der Waals surface area (Å²) in [5.41, 5.74) is 0. The van der Waals surface area contributed by atoms with E-state index in [1.54, 1.807) is 12.1 Å². The summed E-state index contributed by atoms with van der Waals surface area (Å²) in [6.45, 7) is 2.02. The third-order valence-corrected chi connectivity index (χ3v) is 2.02. The molecule has 1 aromatic heterocycles. The Labute approximate surface area is 88.9 Å². The summed E-state index contributed by atoms with van der Waals surface area (Å²) in [6.07, 6.45) is 3.74. The van der Waals surface area contributed by atoms with Crippen LogP contribution in [0.2, 0.25) is 0 Å². The SMILES string of the molecule is CCCCC(=O)NC(C#N)c1ccco1. The second kappa shape index (κ2) is 5.86. The maximum Gasteiger partial charge on any atom is 0.221 e. The van der Waals surface area contributed by atoms with Crippen molar-refractivity contribution < 1.29 is 9.21 Å². The second-order valence-electron chi connectivity index (χ2n) is 3.25. The van der Waals surface area contributed by atoms with Crippen LogP contribution in [0.1, 0.15) is 38.0 Å². The van der Waals surface area contributed by atoms with Gasteiger partial charge in [0.15, 0.2) is 6.04 Å². The van der Waals surface area contributed by atoms with Gasteiger partial charge in [0.05, 0.1) is 12.3 Å². The largest absolute Gasteiger partial charge is 0.466 e. The van der Waals surface area contributed by atoms with Gasteiger partial charge in [-0.2, -0.15) is 5.26 Å². The topological polar surface area (TPSA) is 66.0 Å². The number of carbonyl (C=O) groups is 1. The van der Waals surface area contributed by atoms with Crippen LogP contribution in [0.3, 0.4) is 0 Å². The quantitative estimate of drug-likeness (QED) is 0.802. The van der Waals surface area contributed by atoms with Gasteiger partial charge in [-0.15, -0.1) is 0 Å². The first-order valence-corrected chi connectivity index (χ1v) is 5.00. The summed E-state index contributed by atoms with van der Waals surface area (Å²) in [5.74, 6) is 0.363. The van der Waals surface area contributed by atoms with Crippen LogP contribution in [-0.2, 0) is 4.79 Å². The maximum absolute atomic E-state index is 11.4. The molecular weight excluding hydrogens is 192 g/mol. The molecule has 1 heterocycles. The van der Waals surface area contributed by atoms with Crippen molar-refractivity contribution in [2.24, 2.45) is 0 Å². The zero-order valence-electron chi connectivity index (χ0n) is 8.69. The number of unbranched alkanes of at least 4 members (excludes halogenated alkanes) is 1. The fourth-order valence-corrected chi connectivity index (χ4v) is 1.19. The molecule has 0 spiro atoms. The van der Waals surface area contributed by atoms with Crippen LogP contribution in [0.4, 0.5) is 0 Å². The molecule has 4 nitrogen and oxygen atoms in total. The molecule has 1 unspecified atom stereocenters. The molecular formula is C11H14N2O2. The van der Waals surface area contributed by atoms with Gasteiger partial charge in [-0.3, -0.25) is 4.79 Å². The molecule has 0 saturated heterocycles. The van der Waals surface area contributed by atoms with Gasteiger partial charge in [-0.05, 0) is 18.6 Å². The molecule has 0 saturated carbocycles. The first kappa shape index (κ1) is 11.3. The minimum Gasteiger partial charge on any atom is -0.466 e. The van der Waals surface area contributed by atoms with E-state index in [1.807, 2.05) is 13.0 Å². The van der Waals surface area contributed by atoms with Gasteiger partial charge in [0.25, 0.3) is 0 Å². The summed E-state index contributed by atoms with van der Waals surface area (Å²) < 4.78 is 5.05.